The van der Waals surface area contributed by atoms with Crippen LogP contribution in [0.3, 0.4) is 0 Å². The third-order valence-electron chi connectivity index (χ3n) is 2.63. The lowest BCUT2D eigenvalue weighted by Gasteiger charge is -2.00. The molecule has 0 saturated carbocycles. The number of aliphatic hydroxyl groups excluding tert-OH is 1. The predicted molar refractivity (Wildman–Crippen MR) is 63.4 cm³/mol. The van der Waals surface area contributed by atoms with Gasteiger partial charge in [0.25, 0.3) is 11.3 Å². The molecule has 3 aromatic heterocycles. The summed E-state index contributed by atoms with van der Waals surface area (Å²) in [7, 11) is 0. The molecule has 0 radical (unpaired) electrons. The van der Waals surface area contributed by atoms with E-state index in [0.29, 0.717) is 23.7 Å². The van der Waals surface area contributed by atoms with Crippen LogP contribution in [0.1, 0.15) is 24.4 Å². The maximum Gasteiger partial charge on any atom is 0.274 e. The summed E-state index contributed by atoms with van der Waals surface area (Å²) in [5, 5.41) is 19.7. The van der Waals surface area contributed by atoms with Gasteiger partial charge in [-0.15, -0.1) is 5.10 Å². The molecule has 0 bridgehead atoms. The molecule has 3 heterocycles. The third kappa shape index (κ3) is 2.10. The van der Waals surface area contributed by atoms with Crippen LogP contribution in [0, 0.1) is 0 Å². The van der Waals surface area contributed by atoms with E-state index in [1.54, 1.807) is 13.1 Å². The van der Waals surface area contributed by atoms with Crippen molar-refractivity contribution in [3.05, 3.63) is 40.3 Å². The monoisotopic (exact) mass is 261 g/mol. The van der Waals surface area contributed by atoms with Crippen LogP contribution in [-0.2, 0) is 6.54 Å². The van der Waals surface area contributed by atoms with Crippen LogP contribution in [-0.4, -0.2) is 39.7 Å². The first-order valence-corrected chi connectivity index (χ1v) is 5.63. The van der Waals surface area contributed by atoms with E-state index in [2.05, 4.69) is 25.4 Å². The highest BCUT2D eigenvalue weighted by atomic mass is 16.3. The molecule has 1 unspecified atom stereocenters. The van der Waals surface area contributed by atoms with Crippen LogP contribution in [0.15, 0.2) is 23.4 Å². The summed E-state index contributed by atoms with van der Waals surface area (Å²) >= 11 is 0. The van der Waals surface area contributed by atoms with Gasteiger partial charge >= 0.3 is 0 Å². The lowest BCUT2D eigenvalue weighted by atomic mass is 10.3. The topological polar surface area (TPSA) is 114 Å². The van der Waals surface area contributed by atoms with Gasteiger partial charge in [0.1, 0.15) is 12.0 Å². The second kappa shape index (κ2) is 4.28. The van der Waals surface area contributed by atoms with Crippen molar-refractivity contribution < 1.29 is 5.11 Å². The molecule has 98 valence electrons. The Bertz CT molecular complexity index is 769. The minimum atomic E-state index is -0.679. The molecule has 9 heteroatoms. The summed E-state index contributed by atoms with van der Waals surface area (Å²) in [6.07, 6.45) is 2.33. The minimum absolute atomic E-state index is 0.242. The lowest BCUT2D eigenvalue weighted by molar-refractivity contribution is 0.194. The van der Waals surface area contributed by atoms with Gasteiger partial charge in [0.15, 0.2) is 0 Å². The zero-order chi connectivity index (χ0) is 13.4. The lowest BCUT2D eigenvalue weighted by Crippen LogP contribution is -2.17. The molecule has 0 saturated heterocycles. The number of hydrogen-bond donors (Lipinski definition) is 2. The second-order valence-electron chi connectivity index (χ2n) is 4.13. The molecule has 0 fully saturated rings. The van der Waals surface area contributed by atoms with E-state index in [4.69, 9.17) is 0 Å². The van der Waals surface area contributed by atoms with Gasteiger partial charge in [-0.3, -0.25) is 9.89 Å². The SMILES string of the molecule is CC(O)c1cn(Cc2cc(=O)n3[nH]cnc3n2)nn1. The first-order valence-electron chi connectivity index (χ1n) is 5.63. The zero-order valence-corrected chi connectivity index (χ0v) is 10.1. The molecule has 0 aliphatic carbocycles. The number of nitrogens with one attached hydrogen (secondary N) is 1. The Kier molecular flexibility index (Phi) is 2.60. The fourth-order valence-corrected chi connectivity index (χ4v) is 1.70. The van der Waals surface area contributed by atoms with Gasteiger partial charge in [0.05, 0.1) is 24.5 Å². The van der Waals surface area contributed by atoms with Gasteiger partial charge in [-0.25, -0.2) is 14.6 Å². The normalized spacial score (nSPS) is 12.9. The molecule has 19 heavy (non-hydrogen) atoms. The van der Waals surface area contributed by atoms with E-state index in [0.717, 1.165) is 0 Å². The molecular formula is C10H11N7O2. The van der Waals surface area contributed by atoms with Crippen LogP contribution < -0.4 is 5.56 Å². The van der Waals surface area contributed by atoms with E-state index in [9.17, 15) is 9.90 Å². The average Bonchev–Trinajstić information content (AvgIpc) is 2.97. The zero-order valence-electron chi connectivity index (χ0n) is 10.1. The summed E-state index contributed by atoms with van der Waals surface area (Å²) in [6.45, 7) is 1.90. The summed E-state index contributed by atoms with van der Waals surface area (Å²) < 4.78 is 2.75. The quantitative estimate of drug-likeness (QED) is 0.632. The highest BCUT2D eigenvalue weighted by Gasteiger charge is 2.09. The highest BCUT2D eigenvalue weighted by Crippen LogP contribution is 2.07. The standard InChI is InChI=1S/C10H11N7O2/c1-6(18)8-4-16(15-14-8)3-7-2-9(19)17-10(13-7)11-5-12-17/h2,4-6,18H,3H2,1H3,(H,11,12,13). The van der Waals surface area contributed by atoms with Crippen molar-refractivity contribution in [3.63, 3.8) is 0 Å². The minimum Gasteiger partial charge on any atom is -0.387 e. The van der Waals surface area contributed by atoms with Crippen LogP contribution in [0.25, 0.3) is 5.78 Å². The first-order chi connectivity index (χ1) is 9.13. The molecule has 1 atom stereocenters. The van der Waals surface area contributed by atoms with E-state index in [1.165, 1.54) is 21.6 Å². The Morgan fingerprint density at radius 1 is 1.53 bits per heavy atom. The van der Waals surface area contributed by atoms with Crippen LogP contribution in [0.5, 0.6) is 0 Å². The van der Waals surface area contributed by atoms with Crippen molar-refractivity contribution in [2.75, 3.05) is 0 Å². The Labute approximate surface area is 106 Å². The average molecular weight is 261 g/mol. The van der Waals surface area contributed by atoms with Crippen LogP contribution in [0.4, 0.5) is 0 Å². The Morgan fingerprint density at radius 2 is 2.37 bits per heavy atom. The largest absolute Gasteiger partial charge is 0.387 e. The fraction of sp³-hybridized carbons (Fsp3) is 0.300. The summed E-state index contributed by atoms with van der Waals surface area (Å²) in [5.41, 5.74) is 0.755. The van der Waals surface area contributed by atoms with Crippen molar-refractivity contribution in [2.45, 2.75) is 19.6 Å². The number of nitrogens with zero attached hydrogens (tertiary/aromatic N) is 6. The van der Waals surface area contributed by atoms with E-state index >= 15 is 0 Å². The third-order valence-corrected chi connectivity index (χ3v) is 2.63. The molecule has 2 N–H and O–H groups in total. The van der Waals surface area contributed by atoms with Gasteiger partial charge in [-0.1, -0.05) is 5.21 Å². The predicted octanol–water partition coefficient (Wildman–Crippen LogP) is -0.889. The maximum atomic E-state index is 11.7. The molecule has 3 rings (SSSR count). The maximum absolute atomic E-state index is 11.7. The Hall–Kier alpha value is -2.55. The second-order valence-corrected chi connectivity index (χ2v) is 4.13. The van der Waals surface area contributed by atoms with Crippen LogP contribution >= 0.6 is 0 Å². The number of aromatic nitrogens is 7. The van der Waals surface area contributed by atoms with Crippen molar-refractivity contribution in [3.8, 4) is 0 Å². The number of fused-ring (bicyclic) bond motifs is 1. The van der Waals surface area contributed by atoms with Gasteiger partial charge in [-0.05, 0) is 6.92 Å². The molecule has 0 aliphatic heterocycles. The van der Waals surface area contributed by atoms with Gasteiger partial charge in [-0.2, -0.15) is 4.52 Å². The molecule has 0 spiro atoms. The number of rotatable bonds is 3. The first kappa shape index (κ1) is 11.5. The van der Waals surface area contributed by atoms with Crippen molar-refractivity contribution in [1.82, 2.24) is 34.6 Å². The number of hydrogen-bond acceptors (Lipinski definition) is 6. The number of aromatic amines is 1. The Morgan fingerprint density at radius 3 is 3.11 bits per heavy atom. The molecule has 0 aromatic carbocycles. The van der Waals surface area contributed by atoms with E-state index in [1.807, 2.05) is 0 Å². The van der Waals surface area contributed by atoms with Gasteiger partial charge in [0, 0.05) is 6.07 Å². The van der Waals surface area contributed by atoms with Gasteiger partial charge in [0.2, 0.25) is 0 Å². The van der Waals surface area contributed by atoms with E-state index in [-0.39, 0.29) is 5.56 Å². The molecular weight excluding hydrogens is 250 g/mol. The fourth-order valence-electron chi connectivity index (χ4n) is 1.70. The molecule has 9 nitrogen and oxygen atoms in total. The highest BCUT2D eigenvalue weighted by molar-refractivity contribution is 5.26. The number of H-pyrrole nitrogens is 1. The molecule has 3 aromatic rings. The van der Waals surface area contributed by atoms with Gasteiger partial charge < -0.3 is 5.11 Å². The van der Waals surface area contributed by atoms with Crippen molar-refractivity contribution >= 4 is 5.78 Å². The van der Waals surface area contributed by atoms with Crippen molar-refractivity contribution in [2.24, 2.45) is 0 Å². The molecule has 0 aliphatic rings. The summed E-state index contributed by atoms with van der Waals surface area (Å²) in [5.74, 6) is 0.304. The van der Waals surface area contributed by atoms with Crippen LogP contribution in [0.2, 0.25) is 0 Å². The van der Waals surface area contributed by atoms with Crippen molar-refractivity contribution in [1.29, 1.82) is 0 Å². The summed E-state index contributed by atoms with van der Waals surface area (Å²) in [6, 6.07) is 1.40. The van der Waals surface area contributed by atoms with E-state index < -0.39 is 6.10 Å². The smallest absolute Gasteiger partial charge is 0.274 e. The summed E-state index contributed by atoms with van der Waals surface area (Å²) in [4.78, 5) is 19.9. The number of aliphatic hydroxyl groups is 1. The molecule has 0 amide bonds. The Balaban J connectivity index is 1.93.